The second-order valence-corrected chi connectivity index (χ2v) is 11.4. The molecule has 2 aromatic rings. The van der Waals surface area contributed by atoms with E-state index in [1.807, 2.05) is 19.1 Å². The number of nitrogens with zero attached hydrogens (tertiary/aromatic N) is 3. The molecule has 7 nitrogen and oxygen atoms in total. The van der Waals surface area contributed by atoms with Crippen LogP contribution in [0, 0.1) is 5.92 Å². The first kappa shape index (κ1) is 24.7. The SMILES string of the molecule is CCCS(=O)(=O)N1CCC(C(=O)Nc2ccc(N3CCN(Cc4ccccc4)CC3)cc2)CC1. The number of hydrogen-bond donors (Lipinski definition) is 1. The molecule has 1 N–H and O–H groups in total. The van der Waals surface area contributed by atoms with Gasteiger partial charge in [-0.1, -0.05) is 37.3 Å². The fourth-order valence-corrected chi connectivity index (χ4v) is 6.33. The fraction of sp³-hybridized carbons (Fsp3) is 0.500. The standard InChI is InChI=1S/C26H36N4O3S/c1-2-20-34(32,33)30-14-12-23(13-15-30)26(31)27-24-8-10-25(11-9-24)29-18-16-28(17-19-29)21-22-6-4-3-5-7-22/h3-11,23H,2,12-21H2,1H3,(H,27,31). The van der Waals surface area contributed by atoms with Crippen LogP contribution in [0.15, 0.2) is 54.6 Å². The van der Waals surface area contributed by atoms with Crippen LogP contribution >= 0.6 is 0 Å². The Hall–Kier alpha value is -2.42. The van der Waals surface area contributed by atoms with Gasteiger partial charge in [0.05, 0.1) is 5.75 Å². The molecule has 2 aliphatic rings. The number of anilines is 2. The number of carbonyl (C=O) groups excluding carboxylic acids is 1. The van der Waals surface area contributed by atoms with E-state index in [-0.39, 0.29) is 17.6 Å². The number of amides is 1. The number of carbonyl (C=O) groups is 1. The summed E-state index contributed by atoms with van der Waals surface area (Å²) in [6.45, 7) is 7.74. The zero-order chi connectivity index (χ0) is 24.0. The Kier molecular flexibility index (Phi) is 8.24. The number of rotatable bonds is 8. The van der Waals surface area contributed by atoms with E-state index in [1.54, 1.807) is 0 Å². The highest BCUT2D eigenvalue weighted by Crippen LogP contribution is 2.24. The van der Waals surface area contributed by atoms with Crippen LogP contribution in [0.2, 0.25) is 0 Å². The van der Waals surface area contributed by atoms with Crippen molar-refractivity contribution in [2.75, 3.05) is 55.2 Å². The van der Waals surface area contributed by atoms with Crippen LogP contribution in [-0.2, 0) is 21.4 Å². The average Bonchev–Trinajstić information content (AvgIpc) is 2.86. The van der Waals surface area contributed by atoms with Gasteiger partial charge in [-0.15, -0.1) is 0 Å². The van der Waals surface area contributed by atoms with Gasteiger partial charge in [0.15, 0.2) is 0 Å². The minimum atomic E-state index is -3.18. The van der Waals surface area contributed by atoms with Gasteiger partial charge in [0.25, 0.3) is 0 Å². The molecule has 2 saturated heterocycles. The minimum Gasteiger partial charge on any atom is -0.369 e. The first-order valence-electron chi connectivity index (χ1n) is 12.3. The van der Waals surface area contributed by atoms with E-state index >= 15 is 0 Å². The molecule has 34 heavy (non-hydrogen) atoms. The summed E-state index contributed by atoms with van der Waals surface area (Å²) in [6, 6.07) is 18.7. The zero-order valence-corrected chi connectivity index (χ0v) is 20.8. The number of hydrogen-bond acceptors (Lipinski definition) is 5. The molecule has 8 heteroatoms. The molecule has 2 heterocycles. The van der Waals surface area contributed by atoms with Crippen LogP contribution in [0.25, 0.3) is 0 Å². The van der Waals surface area contributed by atoms with Crippen molar-refractivity contribution in [3.05, 3.63) is 60.2 Å². The number of piperazine rings is 1. The van der Waals surface area contributed by atoms with Gasteiger partial charge in [0.1, 0.15) is 0 Å². The summed E-state index contributed by atoms with van der Waals surface area (Å²) >= 11 is 0. The molecule has 2 fully saturated rings. The quantitative estimate of drug-likeness (QED) is 0.622. The summed E-state index contributed by atoms with van der Waals surface area (Å²) in [5.74, 6) is 0.0124. The van der Waals surface area contributed by atoms with Crippen molar-refractivity contribution < 1.29 is 13.2 Å². The van der Waals surface area contributed by atoms with E-state index < -0.39 is 10.0 Å². The summed E-state index contributed by atoms with van der Waals surface area (Å²) in [7, 11) is -3.18. The molecule has 0 unspecified atom stereocenters. The molecule has 2 aromatic carbocycles. The van der Waals surface area contributed by atoms with Gasteiger partial charge in [-0.3, -0.25) is 9.69 Å². The van der Waals surface area contributed by atoms with E-state index in [2.05, 4.69) is 57.6 Å². The molecule has 184 valence electrons. The molecule has 0 spiro atoms. The molecule has 0 bridgehead atoms. The molecule has 0 atom stereocenters. The van der Waals surface area contributed by atoms with Gasteiger partial charge >= 0.3 is 0 Å². The highest BCUT2D eigenvalue weighted by Gasteiger charge is 2.30. The lowest BCUT2D eigenvalue weighted by atomic mass is 9.97. The van der Waals surface area contributed by atoms with Crippen molar-refractivity contribution in [1.82, 2.24) is 9.21 Å². The third-order valence-corrected chi connectivity index (χ3v) is 8.88. The highest BCUT2D eigenvalue weighted by atomic mass is 32.2. The molecular weight excluding hydrogens is 448 g/mol. The fourth-order valence-electron chi connectivity index (χ4n) is 4.79. The minimum absolute atomic E-state index is 0.0187. The predicted molar refractivity (Wildman–Crippen MR) is 137 cm³/mol. The van der Waals surface area contributed by atoms with Crippen molar-refractivity contribution in [3.63, 3.8) is 0 Å². The Bertz CT molecular complexity index is 1030. The Morgan fingerprint density at radius 1 is 0.912 bits per heavy atom. The summed E-state index contributed by atoms with van der Waals surface area (Å²) in [4.78, 5) is 17.6. The van der Waals surface area contributed by atoms with Crippen LogP contribution in [0.3, 0.4) is 0 Å². The summed E-state index contributed by atoms with van der Waals surface area (Å²) in [5.41, 5.74) is 3.31. The lowest BCUT2D eigenvalue weighted by molar-refractivity contribution is -0.120. The van der Waals surface area contributed by atoms with E-state index in [0.717, 1.165) is 38.4 Å². The van der Waals surface area contributed by atoms with E-state index in [4.69, 9.17) is 0 Å². The van der Waals surface area contributed by atoms with Crippen molar-refractivity contribution in [1.29, 1.82) is 0 Å². The van der Waals surface area contributed by atoms with Crippen LogP contribution in [0.1, 0.15) is 31.7 Å². The maximum absolute atomic E-state index is 12.7. The highest BCUT2D eigenvalue weighted by molar-refractivity contribution is 7.89. The van der Waals surface area contributed by atoms with Gasteiger partial charge in [-0.05, 0) is 49.1 Å². The molecule has 1 amide bonds. The second-order valence-electron chi connectivity index (χ2n) is 9.27. The largest absolute Gasteiger partial charge is 0.369 e. The van der Waals surface area contributed by atoms with E-state index in [0.29, 0.717) is 32.4 Å². The molecule has 2 aliphatic heterocycles. The average molecular weight is 485 g/mol. The van der Waals surface area contributed by atoms with Crippen LogP contribution in [0.5, 0.6) is 0 Å². The maximum atomic E-state index is 12.7. The summed E-state index contributed by atoms with van der Waals surface area (Å²) in [5, 5.41) is 3.02. The molecule has 0 aromatic heterocycles. The van der Waals surface area contributed by atoms with Gasteiger partial charge < -0.3 is 10.2 Å². The van der Waals surface area contributed by atoms with Crippen molar-refractivity contribution >= 4 is 27.3 Å². The van der Waals surface area contributed by atoms with Crippen LogP contribution < -0.4 is 10.2 Å². The Balaban J connectivity index is 1.23. The summed E-state index contributed by atoms with van der Waals surface area (Å²) < 4.78 is 26.0. The molecule has 0 aliphatic carbocycles. The van der Waals surface area contributed by atoms with Crippen molar-refractivity contribution in [3.8, 4) is 0 Å². The number of benzene rings is 2. The number of sulfonamides is 1. The lowest BCUT2D eigenvalue weighted by Crippen LogP contribution is -2.45. The van der Waals surface area contributed by atoms with E-state index in [1.165, 1.54) is 15.6 Å². The Morgan fingerprint density at radius 2 is 1.56 bits per heavy atom. The predicted octanol–water partition coefficient (Wildman–Crippen LogP) is 3.40. The zero-order valence-electron chi connectivity index (χ0n) is 20.0. The third kappa shape index (κ3) is 6.37. The van der Waals surface area contributed by atoms with Crippen molar-refractivity contribution in [2.45, 2.75) is 32.7 Å². The lowest BCUT2D eigenvalue weighted by Gasteiger charge is -2.36. The maximum Gasteiger partial charge on any atom is 0.227 e. The first-order chi connectivity index (χ1) is 16.4. The monoisotopic (exact) mass is 484 g/mol. The van der Waals surface area contributed by atoms with Gasteiger partial charge in [0.2, 0.25) is 15.9 Å². The first-order valence-corrected chi connectivity index (χ1v) is 14.0. The van der Waals surface area contributed by atoms with Crippen LogP contribution in [-0.4, -0.2) is 68.6 Å². The number of piperidine rings is 1. The third-order valence-electron chi connectivity index (χ3n) is 6.80. The molecule has 0 radical (unpaired) electrons. The van der Waals surface area contributed by atoms with Crippen molar-refractivity contribution in [2.24, 2.45) is 5.92 Å². The number of nitrogens with one attached hydrogen (secondary N) is 1. The Labute approximate surface area is 203 Å². The topological polar surface area (TPSA) is 73.0 Å². The second kappa shape index (κ2) is 11.3. The Morgan fingerprint density at radius 3 is 2.18 bits per heavy atom. The smallest absolute Gasteiger partial charge is 0.227 e. The van der Waals surface area contributed by atoms with Gasteiger partial charge in [0, 0.05) is 63.1 Å². The van der Waals surface area contributed by atoms with Crippen LogP contribution in [0.4, 0.5) is 11.4 Å². The van der Waals surface area contributed by atoms with Gasteiger partial charge in [-0.2, -0.15) is 0 Å². The van der Waals surface area contributed by atoms with E-state index in [9.17, 15) is 13.2 Å². The normalized spacial score (nSPS) is 18.7. The summed E-state index contributed by atoms with van der Waals surface area (Å²) in [6.07, 6.45) is 1.75. The molecule has 0 saturated carbocycles. The van der Waals surface area contributed by atoms with Gasteiger partial charge in [-0.25, -0.2) is 12.7 Å². The molecular formula is C26H36N4O3S. The molecule has 4 rings (SSSR count).